The number of benzene rings is 1. The second-order valence-electron chi connectivity index (χ2n) is 2.75. The summed E-state index contributed by atoms with van der Waals surface area (Å²) in [6.07, 6.45) is 0. The van der Waals surface area contributed by atoms with E-state index in [2.05, 4.69) is 19.2 Å². The predicted molar refractivity (Wildman–Crippen MR) is 59.9 cm³/mol. The molecule has 1 aromatic carbocycles. The molecular weight excluding hydrogens is 223 g/mol. The summed E-state index contributed by atoms with van der Waals surface area (Å²) in [7, 11) is 0. The summed E-state index contributed by atoms with van der Waals surface area (Å²) in [4.78, 5) is 0. The summed E-state index contributed by atoms with van der Waals surface area (Å²) in [6.45, 7) is 3.93. The van der Waals surface area contributed by atoms with Gasteiger partial charge in [-0.3, -0.25) is 0 Å². The van der Waals surface area contributed by atoms with E-state index in [1.54, 1.807) is 6.07 Å². The van der Waals surface area contributed by atoms with Crippen molar-refractivity contribution >= 4 is 24.2 Å². The van der Waals surface area contributed by atoms with Crippen LogP contribution in [0.4, 0.5) is 4.39 Å². The van der Waals surface area contributed by atoms with Gasteiger partial charge in [-0.05, 0) is 17.7 Å². The zero-order valence-electron chi connectivity index (χ0n) is 7.46. The van der Waals surface area contributed by atoms with Crippen molar-refractivity contribution in [3.63, 3.8) is 0 Å². The molecule has 4 heteroatoms. The number of hydrogen-bond acceptors (Lipinski definition) is 2. The number of rotatable bonds is 4. The molecule has 0 saturated heterocycles. The Kier molecular flexibility index (Phi) is 4.29. The number of ether oxygens (including phenoxy) is 1. The number of hydrogen-bond donors (Lipinski definition) is 1. The molecule has 1 rings (SSSR count). The van der Waals surface area contributed by atoms with Gasteiger partial charge in [0, 0.05) is 5.75 Å². The van der Waals surface area contributed by atoms with Gasteiger partial charge in [0.1, 0.15) is 6.61 Å². The van der Waals surface area contributed by atoms with Gasteiger partial charge in [-0.1, -0.05) is 24.2 Å². The van der Waals surface area contributed by atoms with Crippen LogP contribution in [0, 0.1) is 5.82 Å². The zero-order valence-corrected chi connectivity index (χ0v) is 9.12. The lowest BCUT2D eigenvalue weighted by atomic mass is 10.3. The fourth-order valence-corrected chi connectivity index (χ4v) is 1.08. The Bertz CT molecular complexity index is 341. The van der Waals surface area contributed by atoms with Crippen LogP contribution < -0.4 is 4.74 Å². The van der Waals surface area contributed by atoms with Crippen molar-refractivity contribution in [1.82, 2.24) is 0 Å². The lowest BCUT2D eigenvalue weighted by molar-refractivity contribution is 0.333. The molecule has 0 spiro atoms. The average Bonchev–Trinajstić information content (AvgIpc) is 2.20. The summed E-state index contributed by atoms with van der Waals surface area (Å²) >= 11 is 9.58. The molecule has 0 atom stereocenters. The van der Waals surface area contributed by atoms with E-state index in [0.29, 0.717) is 5.75 Å². The van der Waals surface area contributed by atoms with E-state index in [-0.39, 0.29) is 17.4 Å². The molecule has 0 aliphatic carbocycles. The first kappa shape index (κ1) is 11.4. The van der Waals surface area contributed by atoms with E-state index >= 15 is 0 Å². The minimum absolute atomic E-state index is 0.0546. The molecule has 0 aliphatic heterocycles. The normalized spacial score (nSPS) is 9.93. The highest BCUT2D eigenvalue weighted by atomic mass is 35.5. The van der Waals surface area contributed by atoms with Crippen molar-refractivity contribution in [1.29, 1.82) is 0 Å². The fraction of sp³-hybridized carbons (Fsp3) is 0.200. The fourth-order valence-electron chi connectivity index (χ4n) is 0.821. The van der Waals surface area contributed by atoms with Crippen LogP contribution in [0.25, 0.3) is 0 Å². The zero-order chi connectivity index (χ0) is 10.6. The largest absolute Gasteiger partial charge is 0.486 e. The van der Waals surface area contributed by atoms with Crippen molar-refractivity contribution in [2.75, 3.05) is 12.4 Å². The maximum atomic E-state index is 13.3. The SMILES string of the molecule is C=C(CS)COc1cccc(Cl)c1F. The summed E-state index contributed by atoms with van der Waals surface area (Å²) in [5.74, 6) is 0.115. The Hall–Kier alpha value is -0.670. The molecule has 0 radical (unpaired) electrons. The third-order valence-electron chi connectivity index (χ3n) is 1.57. The highest BCUT2D eigenvalue weighted by Crippen LogP contribution is 2.24. The lowest BCUT2D eigenvalue weighted by Gasteiger charge is -2.08. The minimum Gasteiger partial charge on any atom is -0.486 e. The van der Waals surface area contributed by atoms with E-state index in [0.717, 1.165) is 5.57 Å². The highest BCUT2D eigenvalue weighted by molar-refractivity contribution is 7.80. The van der Waals surface area contributed by atoms with Crippen LogP contribution in [0.3, 0.4) is 0 Å². The first-order valence-electron chi connectivity index (χ1n) is 3.99. The summed E-state index contributed by atoms with van der Waals surface area (Å²) in [5.41, 5.74) is 0.785. The van der Waals surface area contributed by atoms with Crippen LogP contribution in [-0.4, -0.2) is 12.4 Å². The molecule has 0 aromatic heterocycles. The van der Waals surface area contributed by atoms with Gasteiger partial charge in [-0.15, -0.1) is 0 Å². The first-order valence-corrected chi connectivity index (χ1v) is 5.00. The first-order chi connectivity index (χ1) is 6.65. The van der Waals surface area contributed by atoms with E-state index in [4.69, 9.17) is 16.3 Å². The second-order valence-corrected chi connectivity index (χ2v) is 3.47. The quantitative estimate of drug-likeness (QED) is 0.619. The van der Waals surface area contributed by atoms with Crippen molar-refractivity contribution < 1.29 is 9.13 Å². The van der Waals surface area contributed by atoms with Crippen LogP contribution in [0.5, 0.6) is 5.75 Å². The summed E-state index contributed by atoms with van der Waals surface area (Å²) in [5, 5.41) is 0.0546. The molecule has 1 aromatic rings. The Morgan fingerprint density at radius 2 is 2.29 bits per heavy atom. The maximum absolute atomic E-state index is 13.3. The molecule has 1 nitrogen and oxygen atoms in total. The van der Waals surface area contributed by atoms with E-state index in [1.165, 1.54) is 12.1 Å². The summed E-state index contributed by atoms with van der Waals surface area (Å²) in [6, 6.07) is 4.62. The molecule has 0 N–H and O–H groups in total. The van der Waals surface area contributed by atoms with Gasteiger partial charge in [0.15, 0.2) is 11.6 Å². The monoisotopic (exact) mass is 232 g/mol. The van der Waals surface area contributed by atoms with Gasteiger partial charge in [0.2, 0.25) is 0 Å². The molecule has 14 heavy (non-hydrogen) atoms. The second kappa shape index (κ2) is 5.27. The Morgan fingerprint density at radius 1 is 1.57 bits per heavy atom. The van der Waals surface area contributed by atoms with Crippen LogP contribution in [-0.2, 0) is 0 Å². The van der Waals surface area contributed by atoms with E-state index in [9.17, 15) is 4.39 Å². The van der Waals surface area contributed by atoms with Gasteiger partial charge in [-0.25, -0.2) is 4.39 Å². The number of thiol groups is 1. The number of halogens is 2. The van der Waals surface area contributed by atoms with Crippen LogP contribution >= 0.6 is 24.2 Å². The molecule has 0 saturated carbocycles. The van der Waals surface area contributed by atoms with Gasteiger partial charge in [0.05, 0.1) is 5.02 Å². The molecule has 0 bridgehead atoms. The molecule has 0 amide bonds. The van der Waals surface area contributed by atoms with Gasteiger partial charge in [0.25, 0.3) is 0 Å². The average molecular weight is 233 g/mol. The summed E-state index contributed by atoms with van der Waals surface area (Å²) < 4.78 is 18.4. The van der Waals surface area contributed by atoms with Crippen molar-refractivity contribution in [2.24, 2.45) is 0 Å². The van der Waals surface area contributed by atoms with Crippen LogP contribution in [0.15, 0.2) is 30.4 Å². The lowest BCUT2D eigenvalue weighted by Crippen LogP contribution is -2.02. The molecule has 76 valence electrons. The van der Waals surface area contributed by atoms with Crippen molar-refractivity contribution in [3.8, 4) is 5.75 Å². The topological polar surface area (TPSA) is 9.23 Å². The molecular formula is C10H10ClFOS. The Morgan fingerprint density at radius 3 is 2.93 bits per heavy atom. The van der Waals surface area contributed by atoms with Gasteiger partial charge in [-0.2, -0.15) is 12.6 Å². The molecule has 0 heterocycles. The molecule has 0 fully saturated rings. The van der Waals surface area contributed by atoms with Gasteiger partial charge < -0.3 is 4.74 Å². The standard InChI is InChI=1S/C10H10ClFOS/c1-7(6-14)5-13-9-4-2-3-8(11)10(9)12/h2-4,14H,1,5-6H2. The molecule has 0 aliphatic rings. The van der Waals surface area contributed by atoms with Crippen LogP contribution in [0.1, 0.15) is 0 Å². The van der Waals surface area contributed by atoms with E-state index < -0.39 is 5.82 Å². The van der Waals surface area contributed by atoms with Crippen molar-refractivity contribution in [2.45, 2.75) is 0 Å². The minimum atomic E-state index is -0.541. The predicted octanol–water partition coefficient (Wildman–Crippen LogP) is 3.34. The smallest absolute Gasteiger partial charge is 0.183 e. The maximum Gasteiger partial charge on any atom is 0.183 e. The van der Waals surface area contributed by atoms with E-state index in [1.807, 2.05) is 0 Å². The third kappa shape index (κ3) is 2.93. The molecule has 0 unspecified atom stereocenters. The van der Waals surface area contributed by atoms with Crippen molar-refractivity contribution in [3.05, 3.63) is 41.2 Å². The Labute approximate surface area is 92.9 Å². The highest BCUT2D eigenvalue weighted by Gasteiger charge is 2.06. The Balaban J connectivity index is 2.68. The van der Waals surface area contributed by atoms with Crippen LogP contribution in [0.2, 0.25) is 5.02 Å². The van der Waals surface area contributed by atoms with Gasteiger partial charge >= 0.3 is 0 Å². The third-order valence-corrected chi connectivity index (χ3v) is 2.31.